The summed E-state index contributed by atoms with van der Waals surface area (Å²) in [4.78, 5) is 31.1. The molecule has 2 amide bonds. The molecule has 0 aromatic heterocycles. The van der Waals surface area contributed by atoms with Gasteiger partial charge in [-0.1, -0.05) is 34.6 Å². The second-order valence-corrected chi connectivity index (χ2v) is 10.6. The van der Waals surface area contributed by atoms with Crippen molar-refractivity contribution in [1.29, 1.82) is 0 Å². The molecule has 0 N–H and O–H groups in total. The normalized spacial score (nSPS) is 26.0. The Morgan fingerprint density at radius 1 is 0.920 bits per heavy atom. The molecule has 6 heteroatoms. The average Bonchev–Trinajstić information content (AvgIpc) is 2.51. The lowest BCUT2D eigenvalue weighted by Gasteiger charge is -2.38. The summed E-state index contributed by atoms with van der Waals surface area (Å²) in [6.45, 7) is 16.2. The topological polar surface area (TPSA) is 43.9 Å². The first kappa shape index (κ1) is 20.6. The fraction of sp³-hybridized carbons (Fsp3) is 0.895. The summed E-state index contributed by atoms with van der Waals surface area (Å²) in [7, 11) is 0. The summed E-state index contributed by atoms with van der Waals surface area (Å²) in [5, 5.41) is 0. The number of carbonyl (C=O) groups is 2. The molecule has 5 nitrogen and oxygen atoms in total. The van der Waals surface area contributed by atoms with Gasteiger partial charge in [-0.25, -0.2) is 0 Å². The molecular formula is C19H35N3O2S. The Balaban J connectivity index is 1.73. The average molecular weight is 370 g/mol. The zero-order valence-electron chi connectivity index (χ0n) is 16.6. The van der Waals surface area contributed by atoms with Crippen LogP contribution in [-0.4, -0.2) is 82.8 Å². The highest BCUT2D eigenvalue weighted by atomic mass is 32.2. The standard InChI is InChI=1S/C19H35N3O2S/c1-15-10-16(2)12-22(11-15)17(23)13-20-6-8-21(9-7-20)18(24)14-25-19(3,4)5/h15-16H,6-14H2,1-5H3. The molecule has 0 radical (unpaired) electrons. The quantitative estimate of drug-likeness (QED) is 0.762. The molecule has 0 spiro atoms. The lowest BCUT2D eigenvalue weighted by molar-refractivity contribution is -0.136. The Morgan fingerprint density at radius 3 is 2.00 bits per heavy atom. The van der Waals surface area contributed by atoms with Gasteiger partial charge in [-0.05, 0) is 18.3 Å². The fourth-order valence-electron chi connectivity index (χ4n) is 3.68. The molecule has 2 unspecified atom stereocenters. The van der Waals surface area contributed by atoms with Crippen molar-refractivity contribution in [1.82, 2.24) is 14.7 Å². The van der Waals surface area contributed by atoms with Gasteiger partial charge in [-0.15, -0.1) is 11.8 Å². The molecule has 0 aromatic carbocycles. The van der Waals surface area contributed by atoms with E-state index in [-0.39, 0.29) is 16.6 Å². The van der Waals surface area contributed by atoms with Crippen molar-refractivity contribution in [2.24, 2.45) is 11.8 Å². The van der Waals surface area contributed by atoms with E-state index in [1.807, 2.05) is 9.80 Å². The van der Waals surface area contributed by atoms with Gasteiger partial charge in [0.1, 0.15) is 0 Å². The third-order valence-electron chi connectivity index (χ3n) is 4.93. The molecule has 2 aliphatic heterocycles. The van der Waals surface area contributed by atoms with Gasteiger partial charge in [0.25, 0.3) is 0 Å². The highest BCUT2D eigenvalue weighted by Crippen LogP contribution is 2.24. The number of thioether (sulfide) groups is 1. The van der Waals surface area contributed by atoms with Gasteiger partial charge in [0.2, 0.25) is 11.8 Å². The van der Waals surface area contributed by atoms with Crippen LogP contribution in [0.5, 0.6) is 0 Å². The van der Waals surface area contributed by atoms with E-state index in [0.29, 0.717) is 24.1 Å². The maximum atomic E-state index is 12.6. The number of piperazine rings is 1. The maximum absolute atomic E-state index is 12.6. The summed E-state index contributed by atoms with van der Waals surface area (Å²) in [6.07, 6.45) is 1.22. The van der Waals surface area contributed by atoms with E-state index in [2.05, 4.69) is 39.5 Å². The number of piperidine rings is 1. The van der Waals surface area contributed by atoms with Gasteiger partial charge in [0.15, 0.2) is 0 Å². The number of hydrogen-bond acceptors (Lipinski definition) is 4. The van der Waals surface area contributed by atoms with E-state index >= 15 is 0 Å². The van der Waals surface area contributed by atoms with Crippen LogP contribution in [0, 0.1) is 11.8 Å². The lowest BCUT2D eigenvalue weighted by Crippen LogP contribution is -2.53. The lowest BCUT2D eigenvalue weighted by atomic mass is 9.92. The molecule has 0 saturated carbocycles. The Bertz CT molecular complexity index is 460. The van der Waals surface area contributed by atoms with Crippen LogP contribution in [0.1, 0.15) is 41.0 Å². The summed E-state index contributed by atoms with van der Waals surface area (Å²) in [5.41, 5.74) is 0. The predicted octanol–water partition coefficient (Wildman–Crippen LogP) is 2.17. The van der Waals surface area contributed by atoms with Gasteiger partial charge < -0.3 is 9.80 Å². The number of carbonyl (C=O) groups excluding carboxylic acids is 2. The molecule has 2 atom stereocenters. The third-order valence-corrected chi connectivity index (χ3v) is 6.19. The zero-order chi connectivity index (χ0) is 18.6. The van der Waals surface area contributed by atoms with Crippen LogP contribution in [0.15, 0.2) is 0 Å². The maximum Gasteiger partial charge on any atom is 0.236 e. The van der Waals surface area contributed by atoms with Crippen molar-refractivity contribution in [2.45, 2.75) is 45.8 Å². The summed E-state index contributed by atoms with van der Waals surface area (Å²) < 4.78 is 0.118. The summed E-state index contributed by atoms with van der Waals surface area (Å²) in [5.74, 6) is 2.22. The first-order chi connectivity index (χ1) is 11.6. The van der Waals surface area contributed by atoms with Crippen LogP contribution in [0.4, 0.5) is 0 Å². The first-order valence-corrected chi connectivity index (χ1v) is 10.5. The number of nitrogens with zero attached hydrogens (tertiary/aromatic N) is 3. The van der Waals surface area contributed by atoms with Crippen LogP contribution in [0.25, 0.3) is 0 Å². The smallest absolute Gasteiger partial charge is 0.236 e. The van der Waals surface area contributed by atoms with Crippen molar-refractivity contribution < 1.29 is 9.59 Å². The molecule has 2 aliphatic rings. The minimum absolute atomic E-state index is 0.118. The predicted molar refractivity (Wildman–Crippen MR) is 105 cm³/mol. The van der Waals surface area contributed by atoms with E-state index < -0.39 is 0 Å². The molecular weight excluding hydrogens is 334 g/mol. The molecule has 2 saturated heterocycles. The molecule has 144 valence electrons. The molecule has 2 heterocycles. The second-order valence-electron chi connectivity index (χ2n) is 8.80. The van der Waals surface area contributed by atoms with Crippen LogP contribution in [-0.2, 0) is 9.59 Å². The van der Waals surface area contributed by atoms with Crippen LogP contribution in [0.2, 0.25) is 0 Å². The number of rotatable bonds is 4. The number of hydrogen-bond donors (Lipinski definition) is 0. The fourth-order valence-corrected chi connectivity index (χ4v) is 4.42. The van der Waals surface area contributed by atoms with Gasteiger partial charge in [-0.2, -0.15) is 0 Å². The van der Waals surface area contributed by atoms with Crippen molar-refractivity contribution >= 4 is 23.6 Å². The third kappa shape index (κ3) is 6.81. The highest BCUT2D eigenvalue weighted by molar-refractivity contribution is 8.01. The number of amides is 2. The second kappa shape index (κ2) is 8.76. The summed E-state index contributed by atoms with van der Waals surface area (Å²) >= 11 is 1.70. The molecule has 2 fully saturated rings. The van der Waals surface area contributed by atoms with Gasteiger partial charge in [0.05, 0.1) is 12.3 Å². The van der Waals surface area contributed by atoms with E-state index in [4.69, 9.17) is 0 Å². The molecule has 0 aromatic rings. The Labute approximate surface area is 157 Å². The van der Waals surface area contributed by atoms with E-state index in [1.54, 1.807) is 11.8 Å². The Kier molecular flexibility index (Phi) is 7.20. The van der Waals surface area contributed by atoms with Gasteiger partial charge in [0, 0.05) is 44.0 Å². The monoisotopic (exact) mass is 369 g/mol. The summed E-state index contributed by atoms with van der Waals surface area (Å²) in [6, 6.07) is 0. The van der Waals surface area contributed by atoms with E-state index in [9.17, 15) is 9.59 Å². The van der Waals surface area contributed by atoms with E-state index in [0.717, 1.165) is 39.3 Å². The molecule has 0 bridgehead atoms. The van der Waals surface area contributed by atoms with Gasteiger partial charge in [-0.3, -0.25) is 14.5 Å². The van der Waals surface area contributed by atoms with Gasteiger partial charge >= 0.3 is 0 Å². The van der Waals surface area contributed by atoms with Crippen molar-refractivity contribution in [3.63, 3.8) is 0 Å². The van der Waals surface area contributed by atoms with Crippen LogP contribution >= 0.6 is 11.8 Å². The molecule has 0 aliphatic carbocycles. The van der Waals surface area contributed by atoms with Crippen LogP contribution < -0.4 is 0 Å². The van der Waals surface area contributed by atoms with E-state index in [1.165, 1.54) is 6.42 Å². The molecule has 2 rings (SSSR count). The Hall–Kier alpha value is -0.750. The first-order valence-electron chi connectivity index (χ1n) is 9.56. The zero-order valence-corrected chi connectivity index (χ0v) is 17.4. The van der Waals surface area contributed by atoms with Crippen molar-refractivity contribution in [3.8, 4) is 0 Å². The largest absolute Gasteiger partial charge is 0.341 e. The number of likely N-dealkylation sites (tertiary alicyclic amines) is 1. The highest BCUT2D eigenvalue weighted by Gasteiger charge is 2.28. The van der Waals surface area contributed by atoms with Crippen LogP contribution in [0.3, 0.4) is 0 Å². The minimum atomic E-state index is 0.118. The SMILES string of the molecule is CC1CC(C)CN(C(=O)CN2CCN(C(=O)CSC(C)(C)C)CC2)C1. The minimum Gasteiger partial charge on any atom is -0.341 e. The molecule has 25 heavy (non-hydrogen) atoms. The Morgan fingerprint density at radius 2 is 1.48 bits per heavy atom. The van der Waals surface area contributed by atoms with Crippen molar-refractivity contribution in [3.05, 3.63) is 0 Å². The van der Waals surface area contributed by atoms with Crippen molar-refractivity contribution in [2.75, 3.05) is 51.6 Å².